The van der Waals surface area contributed by atoms with Crippen molar-refractivity contribution in [3.05, 3.63) is 34.6 Å². The van der Waals surface area contributed by atoms with Gasteiger partial charge < -0.3 is 10.1 Å². The molecule has 1 saturated heterocycles. The lowest BCUT2D eigenvalue weighted by molar-refractivity contribution is -0.117. The van der Waals surface area contributed by atoms with Gasteiger partial charge in [0.2, 0.25) is 5.91 Å². The van der Waals surface area contributed by atoms with Crippen molar-refractivity contribution in [1.29, 1.82) is 0 Å². The van der Waals surface area contributed by atoms with Gasteiger partial charge in [-0.25, -0.2) is 9.78 Å². The standard InChI is InChI=1S/C18H22N4O4S/c1-2-19-17(25)21-15(23)11-27-18-20-14-8-4-3-7-13(14)16(24)22(18)10-12-6-5-9-26-12/h3-4,7-8,12H,2,5-6,9-11H2,1H3,(H2,19,21,23,25)/t12-/m0/s1. The Morgan fingerprint density at radius 2 is 2.19 bits per heavy atom. The largest absolute Gasteiger partial charge is 0.376 e. The Balaban J connectivity index is 1.82. The quantitative estimate of drug-likeness (QED) is 0.573. The summed E-state index contributed by atoms with van der Waals surface area (Å²) in [6, 6.07) is 6.59. The number of carbonyl (C=O) groups is 2. The number of hydrogen-bond acceptors (Lipinski definition) is 6. The van der Waals surface area contributed by atoms with Crippen LogP contribution in [0.1, 0.15) is 19.8 Å². The maximum atomic E-state index is 12.9. The number of aromatic nitrogens is 2. The molecule has 2 heterocycles. The second kappa shape index (κ2) is 9.01. The molecule has 1 atom stereocenters. The number of thioether (sulfide) groups is 1. The van der Waals surface area contributed by atoms with Gasteiger partial charge in [-0.05, 0) is 31.9 Å². The highest BCUT2D eigenvalue weighted by Gasteiger charge is 2.20. The number of amides is 3. The molecule has 2 N–H and O–H groups in total. The van der Waals surface area contributed by atoms with Gasteiger partial charge in [0.1, 0.15) is 0 Å². The highest BCUT2D eigenvalue weighted by Crippen LogP contribution is 2.20. The molecular weight excluding hydrogens is 368 g/mol. The molecule has 0 bridgehead atoms. The van der Waals surface area contributed by atoms with E-state index in [2.05, 4.69) is 15.6 Å². The molecule has 1 aromatic carbocycles. The number of imide groups is 1. The minimum absolute atomic E-state index is 0.0204. The van der Waals surface area contributed by atoms with Crippen molar-refractivity contribution in [2.45, 2.75) is 37.6 Å². The molecule has 144 valence electrons. The smallest absolute Gasteiger partial charge is 0.321 e. The minimum Gasteiger partial charge on any atom is -0.376 e. The lowest BCUT2D eigenvalue weighted by Gasteiger charge is -2.16. The number of carbonyl (C=O) groups excluding carboxylic acids is 2. The Morgan fingerprint density at radius 3 is 2.93 bits per heavy atom. The SMILES string of the molecule is CCNC(=O)NC(=O)CSc1nc2ccccc2c(=O)n1C[C@@H]1CCCO1. The van der Waals surface area contributed by atoms with Crippen molar-refractivity contribution in [2.24, 2.45) is 0 Å². The lowest BCUT2D eigenvalue weighted by atomic mass is 10.2. The third kappa shape index (κ3) is 4.86. The van der Waals surface area contributed by atoms with Crippen molar-refractivity contribution in [1.82, 2.24) is 20.2 Å². The van der Waals surface area contributed by atoms with Gasteiger partial charge in [0.15, 0.2) is 5.16 Å². The second-order valence-electron chi connectivity index (χ2n) is 6.16. The van der Waals surface area contributed by atoms with E-state index in [1.54, 1.807) is 29.7 Å². The molecule has 3 amide bonds. The predicted octanol–water partition coefficient (Wildman–Crippen LogP) is 1.51. The first-order valence-corrected chi connectivity index (χ1v) is 9.88. The molecule has 0 radical (unpaired) electrons. The third-order valence-electron chi connectivity index (χ3n) is 4.16. The van der Waals surface area contributed by atoms with Crippen LogP contribution >= 0.6 is 11.8 Å². The second-order valence-corrected chi connectivity index (χ2v) is 7.10. The molecule has 0 spiro atoms. The van der Waals surface area contributed by atoms with Crippen LogP contribution < -0.4 is 16.2 Å². The van der Waals surface area contributed by atoms with Crippen molar-refractivity contribution in [2.75, 3.05) is 18.9 Å². The van der Waals surface area contributed by atoms with Gasteiger partial charge in [-0.1, -0.05) is 23.9 Å². The van der Waals surface area contributed by atoms with Crippen LogP contribution in [0.3, 0.4) is 0 Å². The summed E-state index contributed by atoms with van der Waals surface area (Å²) in [5.74, 6) is -0.468. The summed E-state index contributed by atoms with van der Waals surface area (Å²) in [6.45, 7) is 3.29. The topological polar surface area (TPSA) is 102 Å². The summed E-state index contributed by atoms with van der Waals surface area (Å²) in [5.41, 5.74) is 0.431. The van der Waals surface area contributed by atoms with E-state index in [0.717, 1.165) is 24.6 Å². The van der Waals surface area contributed by atoms with E-state index in [1.807, 2.05) is 6.07 Å². The molecular formula is C18H22N4O4S. The van der Waals surface area contributed by atoms with Crippen LogP contribution in [-0.4, -0.2) is 46.5 Å². The maximum absolute atomic E-state index is 12.9. The number of benzene rings is 1. The summed E-state index contributed by atoms with van der Waals surface area (Å²) in [4.78, 5) is 40.9. The van der Waals surface area contributed by atoms with E-state index in [0.29, 0.717) is 35.8 Å². The highest BCUT2D eigenvalue weighted by atomic mass is 32.2. The van der Waals surface area contributed by atoms with Crippen LogP contribution in [-0.2, 0) is 16.1 Å². The fourth-order valence-electron chi connectivity index (χ4n) is 2.91. The zero-order chi connectivity index (χ0) is 19.2. The molecule has 1 aromatic heterocycles. The van der Waals surface area contributed by atoms with Gasteiger partial charge >= 0.3 is 6.03 Å². The fourth-order valence-corrected chi connectivity index (χ4v) is 3.72. The number of hydrogen-bond donors (Lipinski definition) is 2. The average Bonchev–Trinajstić information content (AvgIpc) is 3.16. The maximum Gasteiger partial charge on any atom is 0.321 e. The predicted molar refractivity (Wildman–Crippen MR) is 103 cm³/mol. The monoisotopic (exact) mass is 390 g/mol. The van der Waals surface area contributed by atoms with Gasteiger partial charge in [0.05, 0.1) is 29.3 Å². The van der Waals surface area contributed by atoms with Gasteiger partial charge in [-0.3, -0.25) is 19.5 Å². The molecule has 3 rings (SSSR count). The summed E-state index contributed by atoms with van der Waals surface area (Å²) in [7, 11) is 0. The fraction of sp³-hybridized carbons (Fsp3) is 0.444. The molecule has 1 aliphatic rings. The first kappa shape index (κ1) is 19.4. The molecule has 2 aromatic rings. The number of para-hydroxylation sites is 1. The lowest BCUT2D eigenvalue weighted by Crippen LogP contribution is -2.40. The summed E-state index contributed by atoms with van der Waals surface area (Å²) in [5, 5.41) is 5.72. The third-order valence-corrected chi connectivity index (χ3v) is 5.14. The number of urea groups is 1. The van der Waals surface area contributed by atoms with Gasteiger partial charge in [-0.2, -0.15) is 0 Å². The van der Waals surface area contributed by atoms with Crippen LogP contribution in [0.2, 0.25) is 0 Å². The van der Waals surface area contributed by atoms with Crippen molar-refractivity contribution in [3.63, 3.8) is 0 Å². The van der Waals surface area contributed by atoms with Crippen molar-refractivity contribution < 1.29 is 14.3 Å². The molecule has 0 saturated carbocycles. The van der Waals surface area contributed by atoms with E-state index in [9.17, 15) is 14.4 Å². The Hall–Kier alpha value is -2.39. The first-order valence-electron chi connectivity index (χ1n) is 8.90. The number of rotatable bonds is 6. The summed E-state index contributed by atoms with van der Waals surface area (Å²) < 4.78 is 7.23. The summed E-state index contributed by atoms with van der Waals surface area (Å²) >= 11 is 1.13. The number of nitrogens with one attached hydrogen (secondary N) is 2. The molecule has 27 heavy (non-hydrogen) atoms. The van der Waals surface area contributed by atoms with E-state index >= 15 is 0 Å². The summed E-state index contributed by atoms with van der Waals surface area (Å²) in [6.07, 6.45) is 1.83. The van der Waals surface area contributed by atoms with Crippen LogP contribution in [0.5, 0.6) is 0 Å². The number of fused-ring (bicyclic) bond motifs is 1. The Morgan fingerprint density at radius 1 is 1.37 bits per heavy atom. The van der Waals surface area contributed by atoms with E-state index < -0.39 is 11.9 Å². The molecule has 9 heteroatoms. The minimum atomic E-state index is -0.536. The Kier molecular flexibility index (Phi) is 6.46. The van der Waals surface area contributed by atoms with Gasteiger partial charge in [-0.15, -0.1) is 0 Å². The number of nitrogens with zero attached hydrogens (tertiary/aromatic N) is 2. The molecule has 0 aliphatic carbocycles. The zero-order valence-electron chi connectivity index (χ0n) is 15.1. The zero-order valence-corrected chi connectivity index (χ0v) is 15.9. The highest BCUT2D eigenvalue weighted by molar-refractivity contribution is 7.99. The van der Waals surface area contributed by atoms with Gasteiger partial charge in [0.25, 0.3) is 5.56 Å². The average molecular weight is 390 g/mol. The van der Waals surface area contributed by atoms with E-state index in [4.69, 9.17) is 4.74 Å². The molecule has 1 fully saturated rings. The van der Waals surface area contributed by atoms with Crippen LogP contribution in [0.4, 0.5) is 4.79 Å². The van der Waals surface area contributed by atoms with Crippen molar-refractivity contribution >= 4 is 34.6 Å². The molecule has 1 aliphatic heterocycles. The Labute approximate surface area is 160 Å². The van der Waals surface area contributed by atoms with Gasteiger partial charge in [0, 0.05) is 13.2 Å². The van der Waals surface area contributed by atoms with E-state index in [1.165, 1.54) is 0 Å². The normalized spacial score (nSPS) is 16.4. The van der Waals surface area contributed by atoms with Crippen molar-refractivity contribution in [3.8, 4) is 0 Å². The molecule has 0 unspecified atom stereocenters. The molecule has 8 nitrogen and oxygen atoms in total. The number of ether oxygens (including phenoxy) is 1. The van der Waals surface area contributed by atoms with Crippen LogP contribution in [0.25, 0.3) is 10.9 Å². The van der Waals surface area contributed by atoms with E-state index in [-0.39, 0.29) is 17.4 Å². The van der Waals surface area contributed by atoms with Crippen LogP contribution in [0.15, 0.2) is 34.2 Å². The first-order chi connectivity index (χ1) is 13.1. The Bertz CT molecular complexity index is 893. The van der Waals surface area contributed by atoms with Crippen LogP contribution in [0, 0.1) is 0 Å².